The van der Waals surface area contributed by atoms with Crippen molar-refractivity contribution in [2.45, 2.75) is 18.9 Å². The zero-order valence-corrected chi connectivity index (χ0v) is 12.6. The Bertz CT molecular complexity index is 564. The van der Waals surface area contributed by atoms with E-state index in [1.807, 2.05) is 55.5 Å². The van der Waals surface area contributed by atoms with Gasteiger partial charge in [0.25, 0.3) is 0 Å². The van der Waals surface area contributed by atoms with Crippen LogP contribution in [-0.4, -0.2) is 12.2 Å². The Labute approximate surface area is 122 Å². The van der Waals surface area contributed by atoms with E-state index in [0.29, 0.717) is 6.42 Å². The summed E-state index contributed by atoms with van der Waals surface area (Å²) in [4.78, 5) is 0. The molecule has 2 aromatic carbocycles. The molecule has 0 aliphatic heterocycles. The third-order valence-corrected chi connectivity index (χ3v) is 3.62. The van der Waals surface area contributed by atoms with Crippen molar-refractivity contribution in [2.75, 3.05) is 7.11 Å². The van der Waals surface area contributed by atoms with Gasteiger partial charge in [0.05, 0.1) is 12.7 Å². The second kappa shape index (κ2) is 5.76. The molecule has 0 fully saturated rings. The lowest BCUT2D eigenvalue weighted by molar-refractivity contribution is 0.0574. The van der Waals surface area contributed by atoms with Gasteiger partial charge in [0.15, 0.2) is 0 Å². The Balaban J connectivity index is 2.26. The second-order valence-corrected chi connectivity index (χ2v) is 5.73. The average molecular weight is 321 g/mol. The number of methoxy groups -OCH3 is 1. The summed E-state index contributed by atoms with van der Waals surface area (Å²) in [5, 5.41) is 10.7. The van der Waals surface area contributed by atoms with Gasteiger partial charge in [-0.2, -0.15) is 0 Å². The number of hydrogen-bond acceptors (Lipinski definition) is 2. The van der Waals surface area contributed by atoms with E-state index < -0.39 is 5.60 Å². The lowest BCUT2D eigenvalue weighted by Gasteiger charge is -2.24. The second-order valence-electron chi connectivity index (χ2n) is 4.81. The van der Waals surface area contributed by atoms with E-state index in [0.717, 1.165) is 21.3 Å². The lowest BCUT2D eigenvalue weighted by Crippen LogP contribution is -2.24. The quantitative estimate of drug-likeness (QED) is 0.925. The Kier molecular flexibility index (Phi) is 4.27. The van der Waals surface area contributed by atoms with Crippen molar-refractivity contribution in [3.63, 3.8) is 0 Å². The van der Waals surface area contributed by atoms with Crippen molar-refractivity contribution in [3.8, 4) is 5.75 Å². The molecule has 100 valence electrons. The third kappa shape index (κ3) is 3.58. The van der Waals surface area contributed by atoms with Crippen LogP contribution in [0.1, 0.15) is 18.1 Å². The van der Waals surface area contributed by atoms with Crippen molar-refractivity contribution >= 4 is 15.9 Å². The Morgan fingerprint density at radius 2 is 1.89 bits per heavy atom. The summed E-state index contributed by atoms with van der Waals surface area (Å²) in [6.07, 6.45) is 0.555. The van der Waals surface area contributed by atoms with E-state index >= 15 is 0 Å². The fraction of sp³-hybridized carbons (Fsp3) is 0.250. The molecule has 0 heterocycles. The molecule has 3 heteroatoms. The van der Waals surface area contributed by atoms with Gasteiger partial charge in [0.2, 0.25) is 0 Å². The first-order chi connectivity index (χ1) is 9.01. The minimum absolute atomic E-state index is 0.555. The molecule has 0 saturated carbocycles. The van der Waals surface area contributed by atoms with Crippen LogP contribution < -0.4 is 4.74 Å². The highest BCUT2D eigenvalue weighted by Gasteiger charge is 2.24. The van der Waals surface area contributed by atoms with E-state index in [9.17, 15) is 5.11 Å². The van der Waals surface area contributed by atoms with Crippen molar-refractivity contribution in [1.29, 1.82) is 0 Å². The van der Waals surface area contributed by atoms with E-state index in [1.54, 1.807) is 7.11 Å². The first kappa shape index (κ1) is 14.1. The zero-order valence-electron chi connectivity index (χ0n) is 11.1. The summed E-state index contributed by atoms with van der Waals surface area (Å²) in [7, 11) is 1.63. The number of aliphatic hydroxyl groups is 1. The zero-order chi connectivity index (χ0) is 13.9. The molecule has 0 amide bonds. The molecule has 19 heavy (non-hydrogen) atoms. The molecule has 2 aromatic rings. The molecule has 1 unspecified atom stereocenters. The Morgan fingerprint density at radius 3 is 2.58 bits per heavy atom. The molecule has 0 radical (unpaired) electrons. The highest BCUT2D eigenvalue weighted by Crippen LogP contribution is 2.28. The summed E-state index contributed by atoms with van der Waals surface area (Å²) in [6.45, 7) is 1.82. The van der Waals surface area contributed by atoms with Crippen molar-refractivity contribution in [2.24, 2.45) is 0 Å². The minimum Gasteiger partial charge on any atom is -0.497 e. The third-order valence-electron chi connectivity index (χ3n) is 3.13. The predicted octanol–water partition coefficient (Wildman–Crippen LogP) is 3.91. The van der Waals surface area contributed by atoms with Crippen LogP contribution in [-0.2, 0) is 12.0 Å². The van der Waals surface area contributed by atoms with Crippen LogP contribution in [0.25, 0.3) is 0 Å². The maximum absolute atomic E-state index is 10.7. The average Bonchev–Trinajstić information content (AvgIpc) is 2.38. The van der Waals surface area contributed by atoms with Gasteiger partial charge in [-0.15, -0.1) is 0 Å². The highest BCUT2D eigenvalue weighted by molar-refractivity contribution is 9.10. The van der Waals surface area contributed by atoms with Crippen molar-refractivity contribution < 1.29 is 9.84 Å². The van der Waals surface area contributed by atoms with E-state index in [4.69, 9.17) is 4.74 Å². The Hall–Kier alpha value is -1.32. The molecule has 1 atom stereocenters. The Morgan fingerprint density at radius 1 is 1.16 bits per heavy atom. The number of halogens is 1. The normalized spacial score (nSPS) is 13.9. The monoisotopic (exact) mass is 320 g/mol. The molecule has 0 saturated heterocycles. The van der Waals surface area contributed by atoms with Gasteiger partial charge >= 0.3 is 0 Å². The smallest absolute Gasteiger partial charge is 0.119 e. The molecule has 2 nitrogen and oxygen atoms in total. The molecule has 0 aliphatic carbocycles. The van der Waals surface area contributed by atoms with Gasteiger partial charge in [-0.05, 0) is 42.3 Å². The molecule has 0 aromatic heterocycles. The van der Waals surface area contributed by atoms with Gasteiger partial charge in [-0.3, -0.25) is 0 Å². The molecule has 2 rings (SSSR count). The first-order valence-corrected chi connectivity index (χ1v) is 6.92. The van der Waals surface area contributed by atoms with Gasteiger partial charge in [-0.1, -0.05) is 40.2 Å². The van der Waals surface area contributed by atoms with E-state index in [1.165, 1.54) is 0 Å². The molecule has 0 spiro atoms. The van der Waals surface area contributed by atoms with Crippen LogP contribution in [0, 0.1) is 0 Å². The summed E-state index contributed by atoms with van der Waals surface area (Å²) in [5.41, 5.74) is 1.02. The highest BCUT2D eigenvalue weighted by atomic mass is 79.9. The fourth-order valence-electron chi connectivity index (χ4n) is 2.10. The van der Waals surface area contributed by atoms with Crippen LogP contribution >= 0.6 is 15.9 Å². The standard InChI is InChI=1S/C16H17BrO2/c1-16(18,11-12-5-3-7-14(17)9-12)13-6-4-8-15(10-13)19-2/h3-10,18H,11H2,1-2H3. The number of benzene rings is 2. The fourth-order valence-corrected chi connectivity index (χ4v) is 2.55. The van der Waals surface area contributed by atoms with Crippen LogP contribution in [0.2, 0.25) is 0 Å². The molecule has 1 N–H and O–H groups in total. The lowest BCUT2D eigenvalue weighted by atomic mass is 9.89. The molecule has 0 bridgehead atoms. The predicted molar refractivity (Wildman–Crippen MR) is 80.4 cm³/mol. The van der Waals surface area contributed by atoms with Crippen LogP contribution in [0.5, 0.6) is 5.75 Å². The first-order valence-electron chi connectivity index (χ1n) is 6.12. The summed E-state index contributed by atoms with van der Waals surface area (Å²) < 4.78 is 6.22. The summed E-state index contributed by atoms with van der Waals surface area (Å²) in [5.74, 6) is 0.756. The number of ether oxygens (including phenoxy) is 1. The van der Waals surface area contributed by atoms with Gasteiger partial charge in [0, 0.05) is 10.9 Å². The molecular weight excluding hydrogens is 304 g/mol. The van der Waals surface area contributed by atoms with E-state index in [2.05, 4.69) is 15.9 Å². The van der Waals surface area contributed by atoms with Gasteiger partial charge in [0.1, 0.15) is 5.75 Å². The van der Waals surface area contributed by atoms with Crippen molar-refractivity contribution in [3.05, 3.63) is 64.1 Å². The number of hydrogen-bond donors (Lipinski definition) is 1. The molecule has 0 aliphatic rings. The number of rotatable bonds is 4. The van der Waals surface area contributed by atoms with Crippen LogP contribution in [0.4, 0.5) is 0 Å². The topological polar surface area (TPSA) is 29.5 Å². The van der Waals surface area contributed by atoms with E-state index in [-0.39, 0.29) is 0 Å². The van der Waals surface area contributed by atoms with Crippen LogP contribution in [0.15, 0.2) is 53.0 Å². The SMILES string of the molecule is COc1cccc(C(C)(O)Cc2cccc(Br)c2)c1. The van der Waals surface area contributed by atoms with Gasteiger partial charge < -0.3 is 9.84 Å². The summed E-state index contributed by atoms with van der Waals surface area (Å²) >= 11 is 3.45. The van der Waals surface area contributed by atoms with Gasteiger partial charge in [-0.25, -0.2) is 0 Å². The maximum atomic E-state index is 10.7. The summed E-state index contributed by atoms with van der Waals surface area (Å²) in [6, 6.07) is 15.5. The molecular formula is C16H17BrO2. The van der Waals surface area contributed by atoms with Crippen molar-refractivity contribution in [1.82, 2.24) is 0 Å². The minimum atomic E-state index is -0.921. The maximum Gasteiger partial charge on any atom is 0.119 e. The van der Waals surface area contributed by atoms with Crippen LogP contribution in [0.3, 0.4) is 0 Å². The largest absolute Gasteiger partial charge is 0.497 e.